The molecule has 3 rings (SSSR count). The van der Waals surface area contributed by atoms with Gasteiger partial charge < -0.3 is 9.84 Å². The first-order chi connectivity index (χ1) is 13.0. The molecule has 0 amide bonds. The van der Waals surface area contributed by atoms with Crippen molar-refractivity contribution in [1.82, 2.24) is 5.32 Å². The second-order valence-electron chi connectivity index (χ2n) is 9.23. The van der Waals surface area contributed by atoms with Crippen LogP contribution in [0.2, 0.25) is 0 Å². The van der Waals surface area contributed by atoms with Gasteiger partial charge >= 0.3 is 5.97 Å². The van der Waals surface area contributed by atoms with Crippen LogP contribution in [-0.2, 0) is 19.1 Å². The molecule has 0 bridgehead atoms. The second-order valence-corrected chi connectivity index (χ2v) is 10.9. The summed E-state index contributed by atoms with van der Waals surface area (Å²) < 4.78 is 4.78. The van der Waals surface area contributed by atoms with Crippen molar-refractivity contribution in [3.63, 3.8) is 0 Å². The van der Waals surface area contributed by atoms with Crippen molar-refractivity contribution in [3.8, 4) is 0 Å². The van der Waals surface area contributed by atoms with Crippen LogP contribution in [-0.4, -0.2) is 44.9 Å². The van der Waals surface area contributed by atoms with E-state index in [0.29, 0.717) is 25.2 Å². The van der Waals surface area contributed by atoms with Crippen molar-refractivity contribution in [2.45, 2.75) is 75.3 Å². The molecule has 7 heteroatoms. The molecule has 1 aliphatic heterocycles. The standard InChI is InChI=1S/C21H32INO5/c1-5-18(4,10-11-28-16(26)12-24)17(27)14(3)19-8-6-13(2)21(22)20(19,23-21)15(25)7-9-19/h13-14,23-24H,5-12H2,1-4H3/t13?,14-,18+,19?,20?,21?/m0/s1. The number of hydrogen-bond acceptors (Lipinski definition) is 6. The van der Waals surface area contributed by atoms with E-state index in [2.05, 4.69) is 34.8 Å². The van der Waals surface area contributed by atoms with Crippen LogP contribution in [0.4, 0.5) is 0 Å². The fourth-order valence-corrected chi connectivity index (χ4v) is 7.46. The normalized spacial score (nSPS) is 39.5. The van der Waals surface area contributed by atoms with E-state index in [-0.39, 0.29) is 33.1 Å². The van der Waals surface area contributed by atoms with Crippen LogP contribution in [0, 0.1) is 22.7 Å². The highest BCUT2D eigenvalue weighted by Crippen LogP contribution is 2.72. The summed E-state index contributed by atoms with van der Waals surface area (Å²) in [5.41, 5.74) is -1.51. The summed E-state index contributed by atoms with van der Waals surface area (Å²) in [5, 5.41) is 12.4. The van der Waals surface area contributed by atoms with Gasteiger partial charge in [-0.1, -0.05) is 50.3 Å². The van der Waals surface area contributed by atoms with Gasteiger partial charge in [0.1, 0.15) is 21.5 Å². The molecule has 0 aromatic rings. The molecular weight excluding hydrogens is 473 g/mol. The maximum Gasteiger partial charge on any atom is 0.331 e. The zero-order valence-corrected chi connectivity index (χ0v) is 19.4. The Labute approximate surface area is 180 Å². The number of ketones is 2. The lowest BCUT2D eigenvalue weighted by atomic mass is 9.55. The Morgan fingerprint density at radius 3 is 2.71 bits per heavy atom. The van der Waals surface area contributed by atoms with Gasteiger partial charge in [-0.2, -0.15) is 0 Å². The number of esters is 1. The summed E-state index contributed by atoms with van der Waals surface area (Å²) in [4.78, 5) is 37.9. The van der Waals surface area contributed by atoms with Crippen LogP contribution in [0.3, 0.4) is 0 Å². The molecule has 0 aromatic heterocycles. The van der Waals surface area contributed by atoms with Crippen LogP contribution in [0.15, 0.2) is 0 Å². The van der Waals surface area contributed by atoms with Crippen LogP contribution < -0.4 is 5.32 Å². The molecule has 6 atom stereocenters. The highest BCUT2D eigenvalue weighted by Gasteiger charge is 2.84. The molecule has 1 heterocycles. The van der Waals surface area contributed by atoms with Crippen molar-refractivity contribution in [1.29, 1.82) is 0 Å². The molecule has 1 saturated heterocycles. The van der Waals surface area contributed by atoms with Crippen LogP contribution >= 0.6 is 22.6 Å². The molecule has 2 aliphatic carbocycles. The van der Waals surface area contributed by atoms with E-state index in [1.54, 1.807) is 0 Å². The van der Waals surface area contributed by atoms with Crippen molar-refractivity contribution in [3.05, 3.63) is 0 Å². The number of nitrogens with one attached hydrogen (secondary N) is 1. The van der Waals surface area contributed by atoms with Gasteiger partial charge in [-0.3, -0.25) is 14.9 Å². The summed E-state index contributed by atoms with van der Waals surface area (Å²) in [6.07, 6.45) is 4.28. The third-order valence-electron chi connectivity index (χ3n) is 8.16. The molecule has 1 spiro atoms. The number of Topliss-reactive ketones (excluding diaryl/α,β-unsaturated/α-hetero) is 2. The van der Waals surface area contributed by atoms with E-state index >= 15 is 0 Å². The van der Waals surface area contributed by atoms with Gasteiger partial charge in [0.05, 0.1) is 6.61 Å². The highest BCUT2D eigenvalue weighted by molar-refractivity contribution is 14.1. The lowest BCUT2D eigenvalue weighted by Gasteiger charge is -2.47. The third-order valence-corrected chi connectivity index (χ3v) is 10.3. The Bertz CT molecular complexity index is 698. The summed E-state index contributed by atoms with van der Waals surface area (Å²) in [6.45, 7) is 7.58. The molecule has 6 nitrogen and oxygen atoms in total. The van der Waals surface area contributed by atoms with E-state index in [9.17, 15) is 14.4 Å². The molecule has 2 N–H and O–H groups in total. The second kappa shape index (κ2) is 7.30. The molecular formula is C21H32INO5. The number of hydrogen-bond donors (Lipinski definition) is 2. The quantitative estimate of drug-likeness (QED) is 0.173. The van der Waals surface area contributed by atoms with Gasteiger partial charge in [-0.15, -0.1) is 0 Å². The number of rotatable bonds is 8. The largest absolute Gasteiger partial charge is 0.464 e. The number of ether oxygens (including phenoxy) is 1. The van der Waals surface area contributed by atoms with Gasteiger partial charge in [-0.05, 0) is 38.0 Å². The Morgan fingerprint density at radius 1 is 1.43 bits per heavy atom. The first-order valence-electron chi connectivity index (χ1n) is 10.4. The Hall–Kier alpha value is -0.540. The van der Waals surface area contributed by atoms with E-state index in [1.807, 2.05) is 20.8 Å². The molecule has 3 fully saturated rings. The summed E-state index contributed by atoms with van der Waals surface area (Å²) in [7, 11) is 0. The van der Waals surface area contributed by atoms with Gasteiger partial charge in [-0.25, -0.2) is 4.79 Å². The molecule has 3 aliphatic rings. The lowest BCUT2D eigenvalue weighted by Crippen LogP contribution is -2.55. The average Bonchev–Trinajstić information content (AvgIpc) is 3.26. The van der Waals surface area contributed by atoms with Gasteiger partial charge in [0.2, 0.25) is 0 Å². The highest BCUT2D eigenvalue weighted by atomic mass is 127. The van der Waals surface area contributed by atoms with E-state index in [1.165, 1.54) is 0 Å². The fourth-order valence-electron chi connectivity index (χ4n) is 5.91. The minimum Gasteiger partial charge on any atom is -0.464 e. The van der Waals surface area contributed by atoms with Crippen molar-refractivity contribution >= 4 is 40.1 Å². The zero-order chi connectivity index (χ0) is 21.0. The monoisotopic (exact) mass is 505 g/mol. The lowest BCUT2D eigenvalue weighted by molar-refractivity contribution is -0.150. The minimum atomic E-state index is -0.670. The Balaban J connectivity index is 1.84. The first-order valence-corrected chi connectivity index (χ1v) is 11.4. The SMILES string of the molecule is CC[C@](C)(CCOC(=O)CO)C(=O)[C@H](C)C12CCC(=O)C13NC3(I)C(C)CC2. The number of aliphatic hydroxyl groups is 1. The maximum absolute atomic E-state index is 13.7. The number of halogens is 1. The number of alkyl halides is 1. The number of carbonyl (C=O) groups excluding carboxylic acids is 3. The molecule has 4 unspecified atom stereocenters. The zero-order valence-electron chi connectivity index (χ0n) is 17.3. The van der Waals surface area contributed by atoms with Crippen LogP contribution in [0.1, 0.15) is 66.2 Å². The van der Waals surface area contributed by atoms with Gasteiger partial charge in [0.25, 0.3) is 0 Å². The summed E-state index contributed by atoms with van der Waals surface area (Å²) >= 11 is 2.42. The predicted octanol–water partition coefficient (Wildman–Crippen LogP) is 2.79. The van der Waals surface area contributed by atoms with Crippen molar-refractivity contribution in [2.24, 2.45) is 22.7 Å². The van der Waals surface area contributed by atoms with Gasteiger partial charge in [0.15, 0.2) is 5.78 Å². The van der Waals surface area contributed by atoms with Crippen molar-refractivity contribution < 1.29 is 24.2 Å². The third kappa shape index (κ3) is 2.82. The van der Waals surface area contributed by atoms with E-state index in [0.717, 1.165) is 19.3 Å². The van der Waals surface area contributed by atoms with Crippen molar-refractivity contribution in [2.75, 3.05) is 13.2 Å². The average molecular weight is 505 g/mol. The Morgan fingerprint density at radius 2 is 2.11 bits per heavy atom. The number of aliphatic hydroxyl groups excluding tert-OH is 1. The topological polar surface area (TPSA) is 103 Å². The minimum absolute atomic E-state index is 0.116. The Kier molecular flexibility index (Phi) is 5.78. The van der Waals surface area contributed by atoms with E-state index in [4.69, 9.17) is 9.84 Å². The molecule has 158 valence electrons. The fraction of sp³-hybridized carbons (Fsp3) is 0.857. The predicted molar refractivity (Wildman–Crippen MR) is 113 cm³/mol. The van der Waals surface area contributed by atoms with Crippen LogP contribution in [0.5, 0.6) is 0 Å². The number of carbonyl (C=O) groups is 3. The maximum atomic E-state index is 13.7. The molecule has 28 heavy (non-hydrogen) atoms. The molecule has 0 radical (unpaired) electrons. The molecule has 2 saturated carbocycles. The van der Waals surface area contributed by atoms with Crippen LogP contribution in [0.25, 0.3) is 0 Å². The molecule has 0 aromatic carbocycles. The summed E-state index contributed by atoms with van der Waals surface area (Å²) in [5.74, 6) is -0.0829. The van der Waals surface area contributed by atoms with E-state index < -0.39 is 23.5 Å². The summed E-state index contributed by atoms with van der Waals surface area (Å²) in [6, 6.07) is 0. The van der Waals surface area contributed by atoms with Gasteiger partial charge in [0, 0.05) is 23.2 Å². The smallest absolute Gasteiger partial charge is 0.331 e. The first kappa shape index (κ1) is 22.2.